The number of hydrogen-bond donors (Lipinski definition) is 1. The van der Waals surface area contributed by atoms with Gasteiger partial charge in [0.25, 0.3) is 0 Å². The fourth-order valence-electron chi connectivity index (χ4n) is 2.34. The third kappa shape index (κ3) is 3.49. The molecule has 1 N–H and O–H groups in total. The van der Waals surface area contributed by atoms with Gasteiger partial charge in [-0.25, -0.2) is 0 Å². The Morgan fingerprint density at radius 1 is 1.18 bits per heavy atom. The molecule has 1 nitrogen and oxygen atoms in total. The minimum atomic E-state index is -0.401. The van der Waals surface area contributed by atoms with Gasteiger partial charge in [0.15, 0.2) is 0 Å². The minimum absolute atomic E-state index is 0.401. The van der Waals surface area contributed by atoms with Crippen LogP contribution in [0.1, 0.15) is 51.0 Å². The molecule has 0 heterocycles. The number of rotatable bonds is 4. The summed E-state index contributed by atoms with van der Waals surface area (Å²) in [6.07, 6.45) is 4.32. The zero-order valence-electron chi connectivity index (χ0n) is 10.8. The average molecular weight is 250 g/mol. The standard InChI is InChI=1S/C15H22OS/c1-12(2)13-5-7-14(8-6-13)17-11-15(16)9-3-4-10-15/h5-8,12,16H,3-4,9-11H2,1-2H3. The molecular formula is C15H22OS. The van der Waals surface area contributed by atoms with E-state index in [2.05, 4.69) is 38.1 Å². The van der Waals surface area contributed by atoms with Crippen molar-refractivity contribution in [3.8, 4) is 0 Å². The van der Waals surface area contributed by atoms with E-state index in [0.29, 0.717) is 5.92 Å². The maximum atomic E-state index is 10.3. The van der Waals surface area contributed by atoms with Gasteiger partial charge in [-0.2, -0.15) is 0 Å². The van der Waals surface area contributed by atoms with Gasteiger partial charge in [0.05, 0.1) is 5.60 Å². The number of hydrogen-bond acceptors (Lipinski definition) is 2. The largest absolute Gasteiger partial charge is 0.389 e. The van der Waals surface area contributed by atoms with E-state index < -0.39 is 5.60 Å². The summed E-state index contributed by atoms with van der Waals surface area (Å²) >= 11 is 1.79. The molecule has 1 saturated carbocycles. The predicted molar refractivity (Wildman–Crippen MR) is 74.7 cm³/mol. The first-order valence-corrected chi connectivity index (χ1v) is 7.53. The Morgan fingerprint density at radius 2 is 1.76 bits per heavy atom. The Balaban J connectivity index is 1.90. The monoisotopic (exact) mass is 250 g/mol. The second-order valence-electron chi connectivity index (χ2n) is 5.44. The van der Waals surface area contributed by atoms with Crippen LogP contribution in [-0.4, -0.2) is 16.5 Å². The van der Waals surface area contributed by atoms with Gasteiger partial charge < -0.3 is 5.11 Å². The van der Waals surface area contributed by atoms with Crippen LogP contribution in [0.4, 0.5) is 0 Å². The van der Waals surface area contributed by atoms with Crippen molar-refractivity contribution in [2.45, 2.75) is 55.9 Å². The summed E-state index contributed by atoms with van der Waals surface area (Å²) in [6, 6.07) is 8.76. The molecule has 0 aliphatic heterocycles. The highest BCUT2D eigenvalue weighted by Crippen LogP contribution is 2.34. The highest BCUT2D eigenvalue weighted by atomic mass is 32.2. The van der Waals surface area contributed by atoms with Gasteiger partial charge in [0, 0.05) is 10.6 Å². The lowest BCUT2D eigenvalue weighted by atomic mass is 10.0. The van der Waals surface area contributed by atoms with Gasteiger partial charge in [-0.3, -0.25) is 0 Å². The molecular weight excluding hydrogens is 228 g/mol. The quantitative estimate of drug-likeness (QED) is 0.808. The van der Waals surface area contributed by atoms with Crippen LogP contribution in [-0.2, 0) is 0 Å². The van der Waals surface area contributed by atoms with Crippen molar-refractivity contribution < 1.29 is 5.11 Å². The Morgan fingerprint density at radius 3 is 2.29 bits per heavy atom. The molecule has 94 valence electrons. The van der Waals surface area contributed by atoms with Crippen molar-refractivity contribution in [1.82, 2.24) is 0 Å². The highest BCUT2D eigenvalue weighted by molar-refractivity contribution is 7.99. The normalized spacial score (nSPS) is 18.8. The summed E-state index contributed by atoms with van der Waals surface area (Å²) in [5.41, 5.74) is 0.982. The van der Waals surface area contributed by atoms with E-state index in [1.54, 1.807) is 11.8 Å². The molecule has 17 heavy (non-hydrogen) atoms. The van der Waals surface area contributed by atoms with Crippen molar-refractivity contribution in [3.05, 3.63) is 29.8 Å². The van der Waals surface area contributed by atoms with Gasteiger partial charge in [0.1, 0.15) is 0 Å². The maximum absolute atomic E-state index is 10.3. The summed E-state index contributed by atoms with van der Waals surface area (Å²) < 4.78 is 0. The van der Waals surface area contributed by atoms with Crippen molar-refractivity contribution in [2.75, 3.05) is 5.75 Å². The van der Waals surface area contributed by atoms with Crippen molar-refractivity contribution in [3.63, 3.8) is 0 Å². The average Bonchev–Trinajstić information content (AvgIpc) is 2.75. The lowest BCUT2D eigenvalue weighted by Gasteiger charge is -2.21. The van der Waals surface area contributed by atoms with Gasteiger partial charge in [-0.1, -0.05) is 38.8 Å². The summed E-state index contributed by atoms with van der Waals surface area (Å²) in [4.78, 5) is 1.27. The fraction of sp³-hybridized carbons (Fsp3) is 0.600. The smallest absolute Gasteiger partial charge is 0.0741 e. The van der Waals surface area contributed by atoms with Crippen LogP contribution >= 0.6 is 11.8 Å². The van der Waals surface area contributed by atoms with Crippen molar-refractivity contribution >= 4 is 11.8 Å². The number of benzene rings is 1. The van der Waals surface area contributed by atoms with E-state index in [1.165, 1.54) is 23.3 Å². The van der Waals surface area contributed by atoms with E-state index in [1.807, 2.05) is 0 Å². The maximum Gasteiger partial charge on any atom is 0.0741 e. The second kappa shape index (κ2) is 5.45. The summed E-state index contributed by atoms with van der Waals surface area (Å²) in [5.74, 6) is 1.43. The molecule has 0 radical (unpaired) electrons. The molecule has 0 aromatic heterocycles. The third-order valence-electron chi connectivity index (χ3n) is 3.59. The fourth-order valence-corrected chi connectivity index (χ4v) is 3.40. The molecule has 0 atom stereocenters. The molecule has 0 saturated heterocycles. The Hall–Kier alpha value is -0.470. The van der Waals surface area contributed by atoms with Crippen LogP contribution in [0, 0.1) is 0 Å². The molecule has 2 rings (SSSR count). The molecule has 0 amide bonds. The molecule has 1 fully saturated rings. The Labute approximate surface area is 109 Å². The topological polar surface area (TPSA) is 20.2 Å². The molecule has 1 aliphatic carbocycles. The van der Waals surface area contributed by atoms with Crippen LogP contribution in [0.2, 0.25) is 0 Å². The van der Waals surface area contributed by atoms with Crippen LogP contribution in [0.15, 0.2) is 29.2 Å². The number of thioether (sulfide) groups is 1. The summed E-state index contributed by atoms with van der Waals surface area (Å²) in [7, 11) is 0. The zero-order chi connectivity index (χ0) is 12.3. The third-order valence-corrected chi connectivity index (χ3v) is 4.88. The van der Waals surface area contributed by atoms with E-state index in [9.17, 15) is 5.11 Å². The molecule has 1 aliphatic rings. The van der Waals surface area contributed by atoms with Gasteiger partial charge in [-0.15, -0.1) is 11.8 Å². The number of aliphatic hydroxyl groups is 1. The molecule has 1 aromatic carbocycles. The Kier molecular flexibility index (Phi) is 4.16. The molecule has 0 bridgehead atoms. The van der Waals surface area contributed by atoms with E-state index in [0.717, 1.165) is 18.6 Å². The van der Waals surface area contributed by atoms with Crippen molar-refractivity contribution in [1.29, 1.82) is 0 Å². The molecule has 0 unspecified atom stereocenters. The lowest BCUT2D eigenvalue weighted by Crippen LogP contribution is -2.26. The van der Waals surface area contributed by atoms with Crippen LogP contribution < -0.4 is 0 Å². The van der Waals surface area contributed by atoms with Gasteiger partial charge in [0.2, 0.25) is 0 Å². The van der Waals surface area contributed by atoms with E-state index in [4.69, 9.17) is 0 Å². The minimum Gasteiger partial charge on any atom is -0.389 e. The predicted octanol–water partition coefficient (Wildman–Crippen LogP) is 4.21. The van der Waals surface area contributed by atoms with E-state index >= 15 is 0 Å². The molecule has 1 aromatic rings. The van der Waals surface area contributed by atoms with Gasteiger partial charge in [-0.05, 0) is 36.5 Å². The molecule has 2 heteroatoms. The van der Waals surface area contributed by atoms with E-state index in [-0.39, 0.29) is 0 Å². The lowest BCUT2D eigenvalue weighted by molar-refractivity contribution is 0.0732. The van der Waals surface area contributed by atoms with Crippen LogP contribution in [0.25, 0.3) is 0 Å². The first-order valence-electron chi connectivity index (χ1n) is 6.54. The summed E-state index contributed by atoms with van der Waals surface area (Å²) in [5, 5.41) is 10.3. The molecule has 0 spiro atoms. The second-order valence-corrected chi connectivity index (χ2v) is 6.49. The van der Waals surface area contributed by atoms with Crippen molar-refractivity contribution in [2.24, 2.45) is 0 Å². The highest BCUT2D eigenvalue weighted by Gasteiger charge is 2.30. The SMILES string of the molecule is CC(C)c1ccc(SCC2(O)CCCC2)cc1. The zero-order valence-corrected chi connectivity index (χ0v) is 11.6. The van der Waals surface area contributed by atoms with Gasteiger partial charge >= 0.3 is 0 Å². The van der Waals surface area contributed by atoms with Crippen LogP contribution in [0.3, 0.4) is 0 Å². The van der Waals surface area contributed by atoms with Crippen LogP contribution in [0.5, 0.6) is 0 Å². The summed E-state index contributed by atoms with van der Waals surface area (Å²) in [6.45, 7) is 4.42. The first kappa shape index (κ1) is 13.0. The Bertz CT molecular complexity index is 350. The first-order chi connectivity index (χ1) is 8.09.